The highest BCUT2D eigenvalue weighted by atomic mass is 16.6. The Morgan fingerprint density at radius 1 is 0.769 bits per heavy atom. The highest BCUT2D eigenvalue weighted by Crippen LogP contribution is 2.37. The van der Waals surface area contributed by atoms with Gasteiger partial charge in [-0.25, -0.2) is 0 Å². The molecule has 6 heteroatoms. The van der Waals surface area contributed by atoms with Crippen molar-refractivity contribution in [1.82, 2.24) is 0 Å². The molecule has 0 saturated carbocycles. The summed E-state index contributed by atoms with van der Waals surface area (Å²) in [5, 5.41) is 0. The van der Waals surface area contributed by atoms with Crippen LogP contribution in [0, 0.1) is 0 Å². The molecule has 0 spiro atoms. The number of hydrogen-bond acceptors (Lipinski definition) is 6. The van der Waals surface area contributed by atoms with E-state index in [0.717, 1.165) is 0 Å². The number of carbonyl (C=O) groups is 2. The molecule has 0 N–H and O–H groups in total. The zero-order valence-electron chi connectivity index (χ0n) is 13.9. The molecule has 5 rings (SSSR count). The standard InChI is InChI=1S/C20H16O6/c21-19-13-3-1-5-15(25-9-11-7-23-11)17(13)20(22)18-14(19)4-2-6-16(18)26-10-12-8-24-12/h1-6,11-12H,7-10H2. The average molecular weight is 352 g/mol. The fraction of sp³-hybridized carbons (Fsp3) is 0.300. The van der Waals surface area contributed by atoms with Gasteiger partial charge < -0.3 is 18.9 Å². The van der Waals surface area contributed by atoms with Gasteiger partial charge in [-0.05, 0) is 12.1 Å². The lowest BCUT2D eigenvalue weighted by Gasteiger charge is -2.22. The average Bonchev–Trinajstić information content (AvgIpc) is 3.56. The van der Waals surface area contributed by atoms with Crippen LogP contribution in [0.15, 0.2) is 36.4 Å². The second-order valence-corrected chi connectivity index (χ2v) is 6.55. The van der Waals surface area contributed by atoms with Gasteiger partial charge in [0.1, 0.15) is 36.9 Å². The lowest BCUT2D eigenvalue weighted by Crippen LogP contribution is -2.23. The van der Waals surface area contributed by atoms with Crippen LogP contribution in [-0.2, 0) is 9.47 Å². The number of epoxide rings is 2. The van der Waals surface area contributed by atoms with Crippen molar-refractivity contribution < 1.29 is 28.5 Å². The van der Waals surface area contributed by atoms with E-state index < -0.39 is 0 Å². The first-order valence-corrected chi connectivity index (χ1v) is 8.56. The predicted molar refractivity (Wildman–Crippen MR) is 90.2 cm³/mol. The van der Waals surface area contributed by atoms with Crippen molar-refractivity contribution in [2.45, 2.75) is 12.2 Å². The lowest BCUT2D eigenvalue weighted by atomic mass is 9.83. The molecule has 2 aromatic carbocycles. The van der Waals surface area contributed by atoms with Gasteiger partial charge in [-0.15, -0.1) is 0 Å². The second-order valence-electron chi connectivity index (χ2n) is 6.55. The maximum absolute atomic E-state index is 13.2. The molecule has 132 valence electrons. The lowest BCUT2D eigenvalue weighted by molar-refractivity contribution is 0.0971. The van der Waals surface area contributed by atoms with Gasteiger partial charge in [0.2, 0.25) is 5.78 Å². The van der Waals surface area contributed by atoms with Crippen LogP contribution in [0.4, 0.5) is 0 Å². The predicted octanol–water partition coefficient (Wildman–Crippen LogP) is 2.02. The third-order valence-electron chi connectivity index (χ3n) is 4.65. The Balaban J connectivity index is 1.55. The third-order valence-corrected chi connectivity index (χ3v) is 4.65. The van der Waals surface area contributed by atoms with E-state index in [-0.39, 0.29) is 23.8 Å². The van der Waals surface area contributed by atoms with E-state index in [1.54, 1.807) is 36.4 Å². The van der Waals surface area contributed by atoms with Crippen molar-refractivity contribution in [3.8, 4) is 11.5 Å². The van der Waals surface area contributed by atoms with E-state index in [0.29, 0.717) is 60.2 Å². The van der Waals surface area contributed by atoms with Crippen molar-refractivity contribution >= 4 is 11.6 Å². The molecular weight excluding hydrogens is 336 g/mol. The van der Waals surface area contributed by atoms with Gasteiger partial charge in [0.05, 0.1) is 24.3 Å². The molecular formula is C20H16O6. The summed E-state index contributed by atoms with van der Waals surface area (Å²) < 4.78 is 21.8. The largest absolute Gasteiger partial charge is 0.490 e. The number of rotatable bonds is 6. The number of fused-ring (bicyclic) bond motifs is 2. The van der Waals surface area contributed by atoms with Crippen molar-refractivity contribution in [2.75, 3.05) is 26.4 Å². The molecule has 2 atom stereocenters. The summed E-state index contributed by atoms with van der Waals surface area (Å²) >= 11 is 0. The van der Waals surface area contributed by atoms with E-state index in [1.165, 1.54) is 0 Å². The van der Waals surface area contributed by atoms with Crippen molar-refractivity contribution in [2.24, 2.45) is 0 Å². The van der Waals surface area contributed by atoms with E-state index in [1.807, 2.05) is 0 Å². The number of hydrogen-bond donors (Lipinski definition) is 0. The van der Waals surface area contributed by atoms with Crippen LogP contribution in [0.5, 0.6) is 11.5 Å². The van der Waals surface area contributed by atoms with E-state index in [9.17, 15) is 9.59 Å². The molecule has 26 heavy (non-hydrogen) atoms. The van der Waals surface area contributed by atoms with Gasteiger partial charge in [0.25, 0.3) is 0 Å². The second kappa shape index (κ2) is 5.93. The van der Waals surface area contributed by atoms with Gasteiger partial charge in [-0.1, -0.05) is 24.3 Å². The summed E-state index contributed by atoms with van der Waals surface area (Å²) in [4.78, 5) is 26.2. The minimum absolute atomic E-state index is 0.0602. The highest BCUT2D eigenvalue weighted by Gasteiger charge is 2.36. The molecule has 2 heterocycles. The van der Waals surface area contributed by atoms with Gasteiger partial charge in [-0.3, -0.25) is 9.59 Å². The Kier molecular flexibility index (Phi) is 3.55. The van der Waals surface area contributed by atoms with Crippen LogP contribution in [0.1, 0.15) is 31.8 Å². The Labute approximate surface area is 149 Å². The molecule has 0 amide bonds. The topological polar surface area (TPSA) is 77.7 Å². The number of benzene rings is 2. The van der Waals surface area contributed by atoms with E-state index >= 15 is 0 Å². The van der Waals surface area contributed by atoms with Crippen LogP contribution in [-0.4, -0.2) is 50.2 Å². The molecule has 0 bridgehead atoms. The smallest absolute Gasteiger partial charge is 0.201 e. The summed E-state index contributed by atoms with van der Waals surface area (Å²) in [5.74, 6) is 0.356. The molecule has 1 aliphatic carbocycles. The number of carbonyl (C=O) groups excluding carboxylic acids is 2. The maximum atomic E-state index is 13.2. The number of ketones is 2. The van der Waals surface area contributed by atoms with E-state index in [4.69, 9.17) is 18.9 Å². The van der Waals surface area contributed by atoms with Crippen LogP contribution >= 0.6 is 0 Å². The van der Waals surface area contributed by atoms with Crippen LogP contribution in [0.25, 0.3) is 0 Å². The summed E-state index contributed by atoms with van der Waals surface area (Å²) in [6.45, 7) is 2.04. The molecule has 6 nitrogen and oxygen atoms in total. The van der Waals surface area contributed by atoms with Gasteiger partial charge >= 0.3 is 0 Å². The molecule has 3 aliphatic rings. The van der Waals surface area contributed by atoms with Gasteiger partial charge in [0.15, 0.2) is 5.78 Å². The Morgan fingerprint density at radius 2 is 1.23 bits per heavy atom. The Bertz CT molecular complexity index is 839. The quantitative estimate of drug-likeness (QED) is 0.632. The first-order chi connectivity index (χ1) is 12.7. The summed E-state index contributed by atoms with van der Waals surface area (Å²) in [5.41, 5.74) is 1.31. The first kappa shape index (κ1) is 15.5. The fourth-order valence-corrected chi connectivity index (χ4v) is 3.11. The van der Waals surface area contributed by atoms with Gasteiger partial charge in [0, 0.05) is 11.1 Å². The van der Waals surface area contributed by atoms with Crippen molar-refractivity contribution in [3.05, 3.63) is 58.7 Å². The zero-order valence-corrected chi connectivity index (χ0v) is 13.9. The summed E-state index contributed by atoms with van der Waals surface area (Å²) in [7, 11) is 0. The normalized spacial score (nSPS) is 22.5. The van der Waals surface area contributed by atoms with Gasteiger partial charge in [-0.2, -0.15) is 0 Å². The first-order valence-electron chi connectivity index (χ1n) is 8.56. The third kappa shape index (κ3) is 2.67. The molecule has 0 aromatic heterocycles. The number of ether oxygens (including phenoxy) is 4. The monoisotopic (exact) mass is 352 g/mol. The minimum atomic E-state index is -0.255. The molecule has 2 saturated heterocycles. The molecule has 0 radical (unpaired) electrons. The molecule has 2 aliphatic heterocycles. The van der Waals surface area contributed by atoms with Crippen molar-refractivity contribution in [3.63, 3.8) is 0 Å². The Morgan fingerprint density at radius 3 is 1.65 bits per heavy atom. The van der Waals surface area contributed by atoms with Crippen LogP contribution in [0.2, 0.25) is 0 Å². The molecule has 2 aromatic rings. The Hall–Kier alpha value is -2.70. The van der Waals surface area contributed by atoms with Crippen LogP contribution in [0.3, 0.4) is 0 Å². The summed E-state index contributed by atoms with van der Waals surface area (Å²) in [6.07, 6.45) is 0.120. The molecule has 2 unspecified atom stereocenters. The maximum Gasteiger partial charge on any atom is 0.201 e. The van der Waals surface area contributed by atoms with Crippen LogP contribution < -0.4 is 9.47 Å². The SMILES string of the molecule is O=C1c2cccc(OCC3CO3)c2C(=O)c2c(OCC3CO3)cccc21. The highest BCUT2D eigenvalue weighted by molar-refractivity contribution is 6.30. The summed E-state index contributed by atoms with van der Waals surface area (Å²) in [6, 6.07) is 10.2. The van der Waals surface area contributed by atoms with Crippen molar-refractivity contribution in [1.29, 1.82) is 0 Å². The minimum Gasteiger partial charge on any atom is -0.490 e. The molecule has 2 fully saturated rings. The fourth-order valence-electron chi connectivity index (χ4n) is 3.11. The van der Waals surface area contributed by atoms with E-state index in [2.05, 4.69) is 0 Å². The zero-order chi connectivity index (χ0) is 17.7.